The number of rotatable bonds is 7. The molecule has 3 rings (SSSR count). The Balaban J connectivity index is 1.74. The van der Waals surface area contributed by atoms with E-state index in [0.29, 0.717) is 18.1 Å². The highest BCUT2D eigenvalue weighted by Crippen LogP contribution is 2.16. The Kier molecular flexibility index (Phi) is 6.32. The number of aromatic nitrogens is 2. The average molecular weight is 378 g/mol. The van der Waals surface area contributed by atoms with Crippen molar-refractivity contribution in [1.29, 1.82) is 0 Å². The maximum absolute atomic E-state index is 13.7. The first-order valence-corrected chi connectivity index (χ1v) is 9.20. The van der Waals surface area contributed by atoms with Crippen molar-refractivity contribution in [3.8, 4) is 0 Å². The van der Waals surface area contributed by atoms with Gasteiger partial charge in [-0.25, -0.2) is 14.4 Å². The summed E-state index contributed by atoms with van der Waals surface area (Å²) in [5.41, 5.74) is 1.81. The van der Waals surface area contributed by atoms with Gasteiger partial charge in [0.25, 0.3) is 5.91 Å². The van der Waals surface area contributed by atoms with E-state index in [9.17, 15) is 9.18 Å². The largest absolute Gasteiger partial charge is 0.347 e. The van der Waals surface area contributed by atoms with Crippen molar-refractivity contribution in [2.24, 2.45) is 0 Å². The van der Waals surface area contributed by atoms with Crippen LogP contribution in [0.4, 0.5) is 10.3 Å². The Bertz CT molecular complexity index is 931. The fourth-order valence-corrected chi connectivity index (χ4v) is 2.79. The average Bonchev–Trinajstić information content (AvgIpc) is 2.72. The molecule has 0 atom stereocenters. The Labute approximate surface area is 164 Å². The number of hydrogen-bond acceptors (Lipinski definition) is 4. The van der Waals surface area contributed by atoms with Crippen molar-refractivity contribution < 1.29 is 9.18 Å². The van der Waals surface area contributed by atoms with Crippen LogP contribution in [0.1, 0.15) is 35.5 Å². The fraction of sp³-hybridized carbons (Fsp3) is 0.227. The van der Waals surface area contributed by atoms with E-state index in [1.165, 1.54) is 6.07 Å². The van der Waals surface area contributed by atoms with Crippen molar-refractivity contribution in [2.45, 2.75) is 33.0 Å². The van der Waals surface area contributed by atoms with E-state index in [0.717, 1.165) is 5.56 Å². The van der Waals surface area contributed by atoms with Crippen LogP contribution in [-0.4, -0.2) is 21.9 Å². The number of anilines is 1. The lowest BCUT2D eigenvalue weighted by Crippen LogP contribution is -2.33. The summed E-state index contributed by atoms with van der Waals surface area (Å²) in [6.45, 7) is 4.84. The second-order valence-corrected chi connectivity index (χ2v) is 6.72. The normalized spacial score (nSPS) is 10.7. The van der Waals surface area contributed by atoms with E-state index in [4.69, 9.17) is 0 Å². The van der Waals surface area contributed by atoms with Gasteiger partial charge in [0.2, 0.25) is 5.95 Å². The third-order valence-electron chi connectivity index (χ3n) is 4.35. The molecule has 0 aliphatic heterocycles. The summed E-state index contributed by atoms with van der Waals surface area (Å²) in [5.74, 6) is -0.229. The van der Waals surface area contributed by atoms with E-state index < -0.39 is 0 Å². The predicted molar refractivity (Wildman–Crippen MR) is 107 cm³/mol. The summed E-state index contributed by atoms with van der Waals surface area (Å²) in [6, 6.07) is 18.1. The zero-order chi connectivity index (χ0) is 19.9. The second kappa shape index (κ2) is 9.08. The first-order valence-electron chi connectivity index (χ1n) is 9.20. The third kappa shape index (κ3) is 4.91. The van der Waals surface area contributed by atoms with E-state index >= 15 is 0 Å². The van der Waals surface area contributed by atoms with E-state index in [2.05, 4.69) is 29.1 Å². The van der Waals surface area contributed by atoms with E-state index in [-0.39, 0.29) is 30.0 Å². The number of nitrogens with zero attached hydrogens (tertiary/aromatic N) is 3. The molecule has 1 amide bonds. The Morgan fingerprint density at radius 3 is 2.50 bits per heavy atom. The molecule has 0 aliphatic rings. The molecular weight excluding hydrogens is 355 g/mol. The molecule has 6 heteroatoms. The quantitative estimate of drug-likeness (QED) is 0.676. The zero-order valence-corrected chi connectivity index (χ0v) is 16.0. The van der Waals surface area contributed by atoms with E-state index in [1.54, 1.807) is 30.5 Å². The highest BCUT2D eigenvalue weighted by Gasteiger charge is 2.17. The molecule has 0 saturated heterocycles. The van der Waals surface area contributed by atoms with Crippen molar-refractivity contribution in [2.75, 3.05) is 4.90 Å². The molecule has 28 heavy (non-hydrogen) atoms. The zero-order valence-electron chi connectivity index (χ0n) is 16.0. The number of carbonyl (C=O) groups is 1. The van der Waals surface area contributed by atoms with Crippen LogP contribution < -0.4 is 10.2 Å². The monoisotopic (exact) mass is 378 g/mol. The molecule has 0 bridgehead atoms. The maximum atomic E-state index is 13.7. The topological polar surface area (TPSA) is 58.1 Å². The molecule has 2 aromatic carbocycles. The number of nitrogens with one attached hydrogen (secondary N) is 1. The molecule has 0 fully saturated rings. The van der Waals surface area contributed by atoms with Gasteiger partial charge in [0.1, 0.15) is 11.5 Å². The van der Waals surface area contributed by atoms with Crippen LogP contribution in [0.2, 0.25) is 0 Å². The second-order valence-electron chi connectivity index (χ2n) is 6.72. The molecule has 1 N–H and O–H groups in total. The number of amides is 1. The number of halogens is 1. The van der Waals surface area contributed by atoms with Crippen LogP contribution in [0.5, 0.6) is 0 Å². The highest BCUT2D eigenvalue weighted by atomic mass is 19.1. The molecule has 144 valence electrons. The van der Waals surface area contributed by atoms with Crippen molar-refractivity contribution in [3.63, 3.8) is 0 Å². The summed E-state index contributed by atoms with van der Waals surface area (Å²) in [5, 5.41) is 2.71. The fourth-order valence-electron chi connectivity index (χ4n) is 2.79. The van der Waals surface area contributed by atoms with Gasteiger partial charge in [-0.3, -0.25) is 4.79 Å². The summed E-state index contributed by atoms with van der Waals surface area (Å²) < 4.78 is 13.7. The van der Waals surface area contributed by atoms with Crippen molar-refractivity contribution in [3.05, 3.63) is 89.5 Å². The molecule has 0 saturated carbocycles. The predicted octanol–water partition coefficient (Wildman–Crippen LogP) is 3.96. The number of carbonyl (C=O) groups excluding carboxylic acids is 1. The molecule has 0 radical (unpaired) electrons. The van der Waals surface area contributed by atoms with Gasteiger partial charge in [0.15, 0.2) is 0 Å². The van der Waals surface area contributed by atoms with Gasteiger partial charge < -0.3 is 10.2 Å². The molecule has 0 spiro atoms. The Morgan fingerprint density at radius 2 is 1.79 bits per heavy atom. The van der Waals surface area contributed by atoms with Gasteiger partial charge in [-0.2, -0.15) is 0 Å². The Hall–Kier alpha value is -3.28. The number of hydrogen-bond donors (Lipinski definition) is 1. The van der Waals surface area contributed by atoms with Gasteiger partial charge >= 0.3 is 0 Å². The maximum Gasteiger partial charge on any atom is 0.270 e. The number of benzene rings is 2. The van der Waals surface area contributed by atoms with Crippen LogP contribution in [0.15, 0.2) is 66.9 Å². The molecule has 1 heterocycles. The van der Waals surface area contributed by atoms with E-state index in [1.807, 2.05) is 35.2 Å². The molecule has 0 unspecified atom stereocenters. The van der Waals surface area contributed by atoms with Crippen LogP contribution in [0.25, 0.3) is 0 Å². The first-order chi connectivity index (χ1) is 13.5. The lowest BCUT2D eigenvalue weighted by Gasteiger charge is -2.27. The first kappa shape index (κ1) is 19.5. The summed E-state index contributed by atoms with van der Waals surface area (Å²) in [4.78, 5) is 23.3. The molecule has 0 aliphatic carbocycles. The van der Waals surface area contributed by atoms with Crippen LogP contribution >= 0.6 is 0 Å². The minimum absolute atomic E-state index is 0.1000. The van der Waals surface area contributed by atoms with Gasteiger partial charge in [0.05, 0.1) is 0 Å². The summed E-state index contributed by atoms with van der Waals surface area (Å²) in [6.07, 6.45) is 1.57. The Morgan fingerprint density at radius 1 is 1.07 bits per heavy atom. The lowest BCUT2D eigenvalue weighted by molar-refractivity contribution is 0.0945. The SMILES string of the molecule is CC(C)N(Cc1ccccc1)c1nccc(C(=O)NCc2ccccc2F)n1. The van der Waals surface area contributed by atoms with Crippen LogP contribution in [0.3, 0.4) is 0 Å². The van der Waals surface area contributed by atoms with Gasteiger partial charge in [0, 0.05) is 30.9 Å². The van der Waals surface area contributed by atoms with Crippen molar-refractivity contribution in [1.82, 2.24) is 15.3 Å². The highest BCUT2D eigenvalue weighted by molar-refractivity contribution is 5.92. The summed E-state index contributed by atoms with van der Waals surface area (Å²) >= 11 is 0. The van der Waals surface area contributed by atoms with Gasteiger partial charge in [-0.05, 0) is 31.5 Å². The molecule has 3 aromatic rings. The summed E-state index contributed by atoms with van der Waals surface area (Å²) in [7, 11) is 0. The van der Waals surface area contributed by atoms with Gasteiger partial charge in [-0.1, -0.05) is 48.5 Å². The van der Waals surface area contributed by atoms with Crippen molar-refractivity contribution >= 4 is 11.9 Å². The minimum atomic E-state index is -0.365. The van der Waals surface area contributed by atoms with Crippen LogP contribution in [-0.2, 0) is 13.1 Å². The smallest absolute Gasteiger partial charge is 0.270 e. The minimum Gasteiger partial charge on any atom is -0.347 e. The molecule has 1 aromatic heterocycles. The molecule has 5 nitrogen and oxygen atoms in total. The molecular formula is C22H23FN4O. The van der Waals surface area contributed by atoms with Crippen LogP contribution in [0, 0.1) is 5.82 Å². The van der Waals surface area contributed by atoms with Gasteiger partial charge in [-0.15, -0.1) is 0 Å². The lowest BCUT2D eigenvalue weighted by atomic mass is 10.2. The third-order valence-corrected chi connectivity index (χ3v) is 4.35. The standard InChI is InChI=1S/C22H23FN4O/c1-16(2)27(15-17-8-4-3-5-9-17)22-24-13-12-20(26-22)21(28)25-14-18-10-6-7-11-19(18)23/h3-13,16H,14-15H2,1-2H3,(H,25,28).